The van der Waals surface area contributed by atoms with E-state index in [0.29, 0.717) is 28.2 Å². The number of nitro benzene ring substituents is 1. The Kier molecular flexibility index (Phi) is 5.83. The largest absolute Gasteiger partial charge is 0.496 e. The third-order valence-electron chi connectivity index (χ3n) is 3.99. The van der Waals surface area contributed by atoms with E-state index in [-0.39, 0.29) is 12.1 Å². The van der Waals surface area contributed by atoms with E-state index in [4.69, 9.17) is 14.0 Å². The quantitative estimate of drug-likeness (QED) is 0.445. The van der Waals surface area contributed by atoms with Gasteiger partial charge >= 0.3 is 0 Å². The molecule has 2 rings (SSSR count). The molecule has 0 aliphatic rings. The van der Waals surface area contributed by atoms with E-state index in [1.807, 2.05) is 6.92 Å². The van der Waals surface area contributed by atoms with Crippen molar-refractivity contribution >= 4 is 15.8 Å². The van der Waals surface area contributed by atoms with Gasteiger partial charge in [0.2, 0.25) is 0 Å². The number of non-ortho nitro benzene ring substituents is 1. The third-order valence-corrected chi connectivity index (χ3v) is 4.71. The highest BCUT2D eigenvalue weighted by Gasteiger charge is 2.17. The van der Waals surface area contributed by atoms with Crippen LogP contribution in [-0.4, -0.2) is 37.9 Å². The van der Waals surface area contributed by atoms with Crippen molar-refractivity contribution in [2.24, 2.45) is 0 Å². The predicted octanol–water partition coefficient (Wildman–Crippen LogP) is 3.02. The summed E-state index contributed by atoms with van der Waals surface area (Å²) in [5.41, 5.74) is 2.30. The smallest absolute Gasteiger partial charge is 0.269 e. The lowest BCUT2D eigenvalue weighted by atomic mass is 9.96. The second kappa shape index (κ2) is 7.71. The van der Waals surface area contributed by atoms with Crippen LogP contribution >= 0.6 is 0 Å². The first-order valence-electron chi connectivity index (χ1n) is 7.61. The molecule has 8 nitrogen and oxygen atoms in total. The summed E-state index contributed by atoms with van der Waals surface area (Å²) in [5, 5.41) is 11.0. The lowest BCUT2D eigenvalue weighted by Gasteiger charge is -2.15. The molecule has 1 N–H and O–H groups in total. The van der Waals surface area contributed by atoms with E-state index in [0.717, 1.165) is 5.56 Å². The molecule has 0 atom stereocenters. The number of hydrogen-bond donors (Lipinski definition) is 1. The van der Waals surface area contributed by atoms with Gasteiger partial charge in [0.25, 0.3) is 15.8 Å². The van der Waals surface area contributed by atoms with Crippen LogP contribution < -0.4 is 9.47 Å². The van der Waals surface area contributed by atoms with E-state index in [1.54, 1.807) is 18.2 Å². The molecule has 2 aromatic rings. The van der Waals surface area contributed by atoms with Crippen molar-refractivity contribution in [3.63, 3.8) is 0 Å². The second-order valence-corrected chi connectivity index (χ2v) is 7.21. The molecule has 9 heteroatoms. The highest BCUT2D eigenvalue weighted by molar-refractivity contribution is 7.85. The molecule has 0 spiro atoms. The fraction of sp³-hybridized carbons (Fsp3) is 0.294. The Labute approximate surface area is 151 Å². The summed E-state index contributed by atoms with van der Waals surface area (Å²) in [6.07, 6.45) is -0.0750. The van der Waals surface area contributed by atoms with Gasteiger partial charge in [0, 0.05) is 17.7 Å². The van der Waals surface area contributed by atoms with Crippen molar-refractivity contribution in [2.75, 3.05) is 20.0 Å². The van der Waals surface area contributed by atoms with Crippen molar-refractivity contribution in [3.05, 3.63) is 51.6 Å². The number of benzene rings is 2. The summed E-state index contributed by atoms with van der Waals surface area (Å²) >= 11 is 0. The molecule has 0 unspecified atom stereocenters. The Morgan fingerprint density at radius 3 is 2.15 bits per heavy atom. The first kappa shape index (κ1) is 19.7. The van der Waals surface area contributed by atoms with Gasteiger partial charge in [-0.25, -0.2) is 0 Å². The summed E-state index contributed by atoms with van der Waals surface area (Å²) in [6.45, 7) is 1.83. The number of ether oxygens (including phenoxy) is 2. The van der Waals surface area contributed by atoms with E-state index in [1.165, 1.54) is 26.4 Å². The van der Waals surface area contributed by atoms with E-state index >= 15 is 0 Å². The maximum Gasteiger partial charge on any atom is 0.269 e. The van der Waals surface area contributed by atoms with Crippen LogP contribution in [0.3, 0.4) is 0 Å². The zero-order valence-corrected chi connectivity index (χ0v) is 15.4. The van der Waals surface area contributed by atoms with Gasteiger partial charge in [-0.15, -0.1) is 0 Å². The molecule has 140 valence electrons. The highest BCUT2D eigenvalue weighted by Crippen LogP contribution is 2.36. The molecule has 26 heavy (non-hydrogen) atoms. The topological polar surface area (TPSA) is 116 Å². The SMILES string of the molecule is COc1cc(-c2ccc([N+](=O)[O-])cc2CCS(=O)(=O)O)cc(OC)c1C. The minimum absolute atomic E-state index is 0.0750. The average molecular weight is 381 g/mol. The summed E-state index contributed by atoms with van der Waals surface area (Å²) in [5.74, 6) is 0.596. The molecule has 0 bridgehead atoms. The maximum absolute atomic E-state index is 11.1. The van der Waals surface area contributed by atoms with Crippen LogP contribution in [0.5, 0.6) is 11.5 Å². The molecule has 0 aliphatic carbocycles. The Bertz CT molecular complexity index is 913. The fourth-order valence-corrected chi connectivity index (χ4v) is 3.14. The molecule has 2 aromatic carbocycles. The normalized spacial score (nSPS) is 11.2. The van der Waals surface area contributed by atoms with Crippen LogP contribution in [0.2, 0.25) is 0 Å². The number of methoxy groups -OCH3 is 2. The number of hydrogen-bond acceptors (Lipinski definition) is 6. The summed E-state index contributed by atoms with van der Waals surface area (Å²) in [6, 6.07) is 7.68. The Balaban J connectivity index is 2.62. The molecule has 0 aromatic heterocycles. The molecular formula is C17H19NO7S. The van der Waals surface area contributed by atoms with Gasteiger partial charge in [-0.05, 0) is 48.2 Å². The van der Waals surface area contributed by atoms with Crippen LogP contribution in [-0.2, 0) is 16.5 Å². The Morgan fingerprint density at radius 1 is 1.12 bits per heavy atom. The number of aryl methyl sites for hydroxylation is 1. The molecule has 0 heterocycles. The van der Waals surface area contributed by atoms with E-state index < -0.39 is 20.8 Å². The second-order valence-electron chi connectivity index (χ2n) is 5.64. The molecule has 0 amide bonds. The third kappa shape index (κ3) is 4.50. The van der Waals surface area contributed by atoms with Crippen LogP contribution in [0.25, 0.3) is 11.1 Å². The van der Waals surface area contributed by atoms with Gasteiger partial charge in [-0.2, -0.15) is 8.42 Å². The number of nitrogens with zero attached hydrogens (tertiary/aromatic N) is 1. The predicted molar refractivity (Wildman–Crippen MR) is 96.5 cm³/mol. The summed E-state index contributed by atoms with van der Waals surface area (Å²) < 4.78 is 41.9. The minimum Gasteiger partial charge on any atom is -0.496 e. The lowest BCUT2D eigenvalue weighted by molar-refractivity contribution is -0.384. The lowest BCUT2D eigenvalue weighted by Crippen LogP contribution is -2.08. The van der Waals surface area contributed by atoms with Crippen LogP contribution in [0, 0.1) is 17.0 Å². The van der Waals surface area contributed by atoms with Gasteiger partial charge in [0.15, 0.2) is 0 Å². The Morgan fingerprint density at radius 2 is 1.69 bits per heavy atom. The van der Waals surface area contributed by atoms with E-state index in [2.05, 4.69) is 0 Å². The monoisotopic (exact) mass is 381 g/mol. The van der Waals surface area contributed by atoms with Gasteiger partial charge in [-0.3, -0.25) is 14.7 Å². The van der Waals surface area contributed by atoms with Crippen LogP contribution in [0.4, 0.5) is 5.69 Å². The molecule has 0 saturated heterocycles. The number of nitro groups is 1. The number of rotatable bonds is 7. The van der Waals surface area contributed by atoms with Gasteiger partial charge in [0.1, 0.15) is 11.5 Å². The standard InChI is InChI=1S/C17H19NO7S/c1-11-16(24-2)9-13(10-17(11)25-3)15-5-4-14(18(19)20)8-12(15)6-7-26(21,22)23/h4-5,8-10H,6-7H2,1-3H3,(H,21,22,23). The summed E-state index contributed by atoms with van der Waals surface area (Å²) in [4.78, 5) is 10.5. The van der Waals surface area contributed by atoms with Crippen LogP contribution in [0.15, 0.2) is 30.3 Å². The Hall–Kier alpha value is -2.65. The zero-order chi connectivity index (χ0) is 19.5. The van der Waals surface area contributed by atoms with Crippen molar-refractivity contribution in [1.82, 2.24) is 0 Å². The van der Waals surface area contributed by atoms with Gasteiger partial charge < -0.3 is 9.47 Å². The molecule has 0 fully saturated rings. The maximum atomic E-state index is 11.1. The van der Waals surface area contributed by atoms with Crippen molar-refractivity contribution in [1.29, 1.82) is 0 Å². The molecular weight excluding hydrogens is 362 g/mol. The first-order valence-corrected chi connectivity index (χ1v) is 9.22. The van der Waals surface area contributed by atoms with Gasteiger partial charge in [0.05, 0.1) is 24.9 Å². The van der Waals surface area contributed by atoms with E-state index in [9.17, 15) is 18.5 Å². The molecule has 0 radical (unpaired) electrons. The van der Waals surface area contributed by atoms with Crippen molar-refractivity contribution < 1.29 is 27.4 Å². The van der Waals surface area contributed by atoms with Crippen LogP contribution in [0.1, 0.15) is 11.1 Å². The average Bonchev–Trinajstić information content (AvgIpc) is 2.59. The fourth-order valence-electron chi connectivity index (χ4n) is 2.66. The molecule has 0 aliphatic heterocycles. The van der Waals surface area contributed by atoms with Crippen molar-refractivity contribution in [2.45, 2.75) is 13.3 Å². The molecule has 0 saturated carbocycles. The van der Waals surface area contributed by atoms with Crippen molar-refractivity contribution in [3.8, 4) is 22.6 Å². The summed E-state index contributed by atoms with van der Waals surface area (Å²) in [7, 11) is -1.18. The van der Waals surface area contributed by atoms with Gasteiger partial charge in [-0.1, -0.05) is 0 Å². The zero-order valence-electron chi connectivity index (χ0n) is 14.6. The highest BCUT2D eigenvalue weighted by atomic mass is 32.2. The first-order chi connectivity index (χ1) is 12.2. The minimum atomic E-state index is -4.21.